The molecule has 0 bridgehead atoms. The van der Waals surface area contributed by atoms with E-state index in [4.69, 9.17) is 0 Å². The van der Waals surface area contributed by atoms with E-state index in [1.807, 2.05) is 0 Å². The van der Waals surface area contributed by atoms with Gasteiger partial charge in [-0.2, -0.15) is 0 Å². The molecule has 0 unspecified atom stereocenters. The molecule has 0 amide bonds. The summed E-state index contributed by atoms with van der Waals surface area (Å²) in [5.41, 5.74) is 0.692. The Morgan fingerprint density at radius 2 is 2.24 bits per heavy atom. The van der Waals surface area contributed by atoms with E-state index < -0.39 is 10.0 Å². The highest BCUT2D eigenvalue weighted by Gasteiger charge is 2.09. The molecule has 21 heavy (non-hydrogen) atoms. The summed E-state index contributed by atoms with van der Waals surface area (Å²) in [5, 5.41) is 0.711. The highest BCUT2D eigenvalue weighted by atomic mass is 32.2. The summed E-state index contributed by atoms with van der Waals surface area (Å²) in [6.45, 7) is 0. The smallest absolute Gasteiger partial charge is 0.211 e. The molecule has 0 aliphatic rings. The van der Waals surface area contributed by atoms with Crippen LogP contribution in [0.2, 0.25) is 0 Å². The number of nitrogens with one attached hydrogen (secondary N) is 1. The molecule has 1 aromatic heterocycles. The van der Waals surface area contributed by atoms with Crippen LogP contribution in [-0.4, -0.2) is 36.5 Å². The number of thioether (sulfide) groups is 1. The van der Waals surface area contributed by atoms with E-state index in [0.29, 0.717) is 23.0 Å². The molecular formula is C13H16FN3O2S2. The first kappa shape index (κ1) is 16.0. The van der Waals surface area contributed by atoms with Crippen LogP contribution in [0, 0.1) is 5.82 Å². The Hall–Kier alpha value is -1.38. The van der Waals surface area contributed by atoms with Gasteiger partial charge in [-0.1, -0.05) is 17.8 Å². The van der Waals surface area contributed by atoms with Crippen LogP contribution in [0.3, 0.4) is 0 Å². The number of rotatable bonds is 7. The zero-order valence-electron chi connectivity index (χ0n) is 11.5. The molecule has 1 N–H and O–H groups in total. The summed E-state index contributed by atoms with van der Waals surface area (Å²) in [4.78, 5) is 4.21. The van der Waals surface area contributed by atoms with E-state index in [1.54, 1.807) is 29.1 Å². The third kappa shape index (κ3) is 4.55. The Balaban J connectivity index is 1.98. The maximum atomic E-state index is 13.3. The van der Waals surface area contributed by atoms with E-state index in [9.17, 15) is 12.8 Å². The first-order valence-corrected chi connectivity index (χ1v) is 8.99. The lowest BCUT2D eigenvalue weighted by Gasteiger charge is -2.07. The third-order valence-electron chi connectivity index (χ3n) is 2.79. The monoisotopic (exact) mass is 329 g/mol. The Kier molecular flexibility index (Phi) is 5.38. The molecular weight excluding hydrogens is 313 g/mol. The topological polar surface area (TPSA) is 64.0 Å². The fraction of sp³-hybridized carbons (Fsp3) is 0.308. The summed E-state index contributed by atoms with van der Waals surface area (Å²) in [7, 11) is -1.77. The normalized spacial score (nSPS) is 11.7. The largest absolute Gasteiger partial charge is 0.295 e. The van der Waals surface area contributed by atoms with Gasteiger partial charge in [-0.25, -0.2) is 22.5 Å². The summed E-state index contributed by atoms with van der Waals surface area (Å²) < 4.78 is 39.9. The second kappa shape index (κ2) is 7.06. The lowest BCUT2D eigenvalue weighted by molar-refractivity contribution is 0.587. The fourth-order valence-electron chi connectivity index (χ4n) is 1.73. The summed E-state index contributed by atoms with van der Waals surface area (Å²) in [6.07, 6.45) is 3.91. The number of aromatic nitrogens is 2. The number of sulfonamides is 1. The molecule has 8 heteroatoms. The van der Waals surface area contributed by atoms with Gasteiger partial charge in [-0.05, 0) is 31.7 Å². The lowest BCUT2D eigenvalue weighted by Crippen LogP contribution is -2.22. The number of hydrogen-bond donors (Lipinski definition) is 1. The zero-order chi connectivity index (χ0) is 15.3. The van der Waals surface area contributed by atoms with E-state index in [2.05, 4.69) is 9.71 Å². The third-order valence-corrected chi connectivity index (χ3v) is 5.29. The van der Waals surface area contributed by atoms with Gasteiger partial charge in [0.25, 0.3) is 0 Å². The quantitative estimate of drug-likeness (QED) is 0.624. The van der Waals surface area contributed by atoms with E-state index in [1.165, 1.54) is 30.9 Å². The van der Waals surface area contributed by atoms with Crippen molar-refractivity contribution in [1.29, 1.82) is 0 Å². The van der Waals surface area contributed by atoms with Crippen molar-refractivity contribution in [2.45, 2.75) is 11.6 Å². The van der Waals surface area contributed by atoms with Gasteiger partial charge >= 0.3 is 0 Å². The van der Waals surface area contributed by atoms with Crippen LogP contribution < -0.4 is 4.72 Å². The molecule has 0 saturated carbocycles. The molecule has 1 aromatic carbocycles. The number of benzene rings is 1. The van der Waals surface area contributed by atoms with Gasteiger partial charge < -0.3 is 0 Å². The number of halogens is 1. The van der Waals surface area contributed by atoms with E-state index in [0.717, 1.165) is 0 Å². The molecule has 0 saturated heterocycles. The molecule has 2 rings (SSSR count). The van der Waals surface area contributed by atoms with Gasteiger partial charge in [-0.3, -0.25) is 4.57 Å². The molecule has 0 atom stereocenters. The molecule has 5 nitrogen and oxygen atoms in total. The summed E-state index contributed by atoms with van der Waals surface area (Å²) >= 11 is 1.44. The van der Waals surface area contributed by atoms with Gasteiger partial charge in [0.1, 0.15) is 5.82 Å². The van der Waals surface area contributed by atoms with Crippen LogP contribution in [0.4, 0.5) is 4.39 Å². The minimum absolute atomic E-state index is 0.0805. The molecule has 0 fully saturated rings. The first-order chi connectivity index (χ1) is 10.0. The molecule has 114 valence electrons. The van der Waals surface area contributed by atoms with E-state index in [-0.39, 0.29) is 11.6 Å². The Bertz CT molecular complexity index is 701. The lowest BCUT2D eigenvalue weighted by atomic mass is 10.3. The first-order valence-electron chi connectivity index (χ1n) is 6.35. The van der Waals surface area contributed by atoms with Crippen molar-refractivity contribution in [3.05, 3.63) is 42.5 Å². The Labute approximate surface area is 127 Å². The summed E-state index contributed by atoms with van der Waals surface area (Å²) in [6, 6.07) is 6.24. The van der Waals surface area contributed by atoms with Gasteiger partial charge in [0.2, 0.25) is 10.0 Å². The Morgan fingerprint density at radius 3 is 2.95 bits per heavy atom. The minimum Gasteiger partial charge on any atom is -0.295 e. The van der Waals surface area contributed by atoms with Crippen LogP contribution in [-0.2, 0) is 10.0 Å². The van der Waals surface area contributed by atoms with Crippen LogP contribution in [0.25, 0.3) is 5.69 Å². The maximum absolute atomic E-state index is 13.3. The maximum Gasteiger partial charge on any atom is 0.211 e. The van der Waals surface area contributed by atoms with Crippen molar-refractivity contribution >= 4 is 21.8 Å². The standard InChI is InChI=1S/C13H16FN3O2S2/c1-15-21(18,19)9-3-8-20-13-16-6-7-17(13)12-5-2-4-11(14)10-12/h2,4-7,10,15H,3,8-9H2,1H3. The predicted octanol–water partition coefficient (Wildman–Crippen LogP) is 2.04. The molecule has 0 aliphatic heterocycles. The number of hydrogen-bond acceptors (Lipinski definition) is 4. The van der Waals surface area contributed by atoms with Crippen molar-refractivity contribution < 1.29 is 12.8 Å². The molecule has 0 aliphatic carbocycles. The second-order valence-corrected chi connectivity index (χ2v) is 7.39. The van der Waals surface area contributed by atoms with E-state index >= 15 is 0 Å². The summed E-state index contributed by atoms with van der Waals surface area (Å²) in [5.74, 6) is 0.391. The average molecular weight is 329 g/mol. The van der Waals surface area contributed by atoms with Crippen molar-refractivity contribution in [3.8, 4) is 5.69 Å². The van der Waals surface area contributed by atoms with Gasteiger partial charge in [-0.15, -0.1) is 0 Å². The Morgan fingerprint density at radius 1 is 1.43 bits per heavy atom. The molecule has 2 aromatic rings. The van der Waals surface area contributed by atoms with Gasteiger partial charge in [0, 0.05) is 18.1 Å². The van der Waals surface area contributed by atoms with Crippen molar-refractivity contribution in [3.63, 3.8) is 0 Å². The van der Waals surface area contributed by atoms with Crippen LogP contribution in [0.1, 0.15) is 6.42 Å². The molecule has 0 spiro atoms. The van der Waals surface area contributed by atoms with Crippen molar-refractivity contribution in [2.24, 2.45) is 0 Å². The number of nitrogens with zero attached hydrogens (tertiary/aromatic N) is 2. The number of imidazole rings is 1. The highest BCUT2D eigenvalue weighted by molar-refractivity contribution is 7.99. The minimum atomic E-state index is -3.17. The van der Waals surface area contributed by atoms with Crippen molar-refractivity contribution in [1.82, 2.24) is 14.3 Å². The highest BCUT2D eigenvalue weighted by Crippen LogP contribution is 2.21. The van der Waals surface area contributed by atoms with Crippen LogP contribution in [0.15, 0.2) is 41.8 Å². The molecule has 0 radical (unpaired) electrons. The SMILES string of the molecule is CNS(=O)(=O)CCCSc1nccn1-c1cccc(F)c1. The van der Waals surface area contributed by atoms with Gasteiger partial charge in [0.05, 0.1) is 11.4 Å². The van der Waals surface area contributed by atoms with Crippen LogP contribution >= 0.6 is 11.8 Å². The fourth-order valence-corrected chi connectivity index (χ4v) is 3.56. The zero-order valence-corrected chi connectivity index (χ0v) is 13.1. The van der Waals surface area contributed by atoms with Gasteiger partial charge in [0.15, 0.2) is 5.16 Å². The average Bonchev–Trinajstić information content (AvgIpc) is 2.92. The van der Waals surface area contributed by atoms with Crippen LogP contribution in [0.5, 0.6) is 0 Å². The predicted molar refractivity (Wildman–Crippen MR) is 81.7 cm³/mol. The second-order valence-electron chi connectivity index (χ2n) is 4.28. The van der Waals surface area contributed by atoms with Crippen molar-refractivity contribution in [2.75, 3.05) is 18.6 Å². The molecule has 1 heterocycles.